The Morgan fingerprint density at radius 3 is 2.76 bits per heavy atom. The number of pyridine rings is 1. The van der Waals surface area contributed by atoms with Crippen molar-refractivity contribution in [2.45, 2.75) is 13.3 Å². The van der Waals surface area contributed by atoms with Gasteiger partial charge in [0.2, 0.25) is 5.91 Å². The number of carbonyl (C=O) groups is 1. The van der Waals surface area contributed by atoms with Gasteiger partial charge in [0, 0.05) is 11.1 Å². The van der Waals surface area contributed by atoms with E-state index >= 15 is 0 Å². The van der Waals surface area contributed by atoms with Crippen LogP contribution in [0.5, 0.6) is 5.75 Å². The molecule has 0 radical (unpaired) electrons. The summed E-state index contributed by atoms with van der Waals surface area (Å²) in [5.41, 5.74) is 7.78. The monoisotopic (exact) mass is 230 g/mol. The summed E-state index contributed by atoms with van der Waals surface area (Å²) >= 11 is 0. The number of aryl methyl sites for hydroxylation is 1. The summed E-state index contributed by atoms with van der Waals surface area (Å²) in [6.45, 7) is 1.92. The Morgan fingerprint density at radius 2 is 2.12 bits per heavy atom. The molecule has 1 aromatic carbocycles. The number of amides is 1. The van der Waals surface area contributed by atoms with Crippen LogP contribution in [0.3, 0.4) is 0 Å². The van der Waals surface area contributed by atoms with Gasteiger partial charge in [0.05, 0.1) is 13.5 Å². The van der Waals surface area contributed by atoms with Gasteiger partial charge in [0.1, 0.15) is 11.3 Å². The second kappa shape index (κ2) is 4.41. The highest BCUT2D eigenvalue weighted by Crippen LogP contribution is 2.27. The van der Waals surface area contributed by atoms with Gasteiger partial charge in [-0.15, -0.1) is 0 Å². The summed E-state index contributed by atoms with van der Waals surface area (Å²) in [4.78, 5) is 15.4. The van der Waals surface area contributed by atoms with Crippen LogP contribution in [0.4, 0.5) is 0 Å². The topological polar surface area (TPSA) is 65.2 Å². The predicted octanol–water partition coefficient (Wildman–Crippen LogP) is 1.58. The second-order valence-corrected chi connectivity index (χ2v) is 3.92. The number of carbonyl (C=O) groups excluding carboxylic acids is 1. The number of aromatic nitrogens is 1. The number of nitrogens with two attached hydrogens (primary N) is 1. The zero-order valence-electron chi connectivity index (χ0n) is 9.86. The molecular formula is C13H14N2O2. The van der Waals surface area contributed by atoms with Crippen molar-refractivity contribution >= 4 is 16.8 Å². The first-order valence-corrected chi connectivity index (χ1v) is 5.33. The van der Waals surface area contributed by atoms with E-state index in [4.69, 9.17) is 10.5 Å². The first kappa shape index (κ1) is 11.4. The number of rotatable bonds is 3. The van der Waals surface area contributed by atoms with E-state index < -0.39 is 0 Å². The maximum absolute atomic E-state index is 11.0. The number of hydrogen-bond donors (Lipinski definition) is 1. The molecule has 4 nitrogen and oxygen atoms in total. The van der Waals surface area contributed by atoms with Crippen LogP contribution >= 0.6 is 0 Å². The number of primary amides is 1. The van der Waals surface area contributed by atoms with E-state index in [1.807, 2.05) is 31.2 Å². The molecule has 1 amide bonds. The van der Waals surface area contributed by atoms with E-state index in [-0.39, 0.29) is 12.3 Å². The summed E-state index contributed by atoms with van der Waals surface area (Å²) in [6.07, 6.45) is 0.214. The van der Waals surface area contributed by atoms with Gasteiger partial charge in [-0.25, -0.2) is 4.98 Å². The molecule has 0 unspecified atom stereocenters. The molecule has 0 spiro atoms. The van der Waals surface area contributed by atoms with Crippen LogP contribution in [-0.4, -0.2) is 18.0 Å². The molecule has 2 aromatic rings. The Labute approximate surface area is 99.4 Å². The second-order valence-electron chi connectivity index (χ2n) is 3.92. The molecule has 2 rings (SSSR count). The molecule has 4 heteroatoms. The van der Waals surface area contributed by atoms with Crippen LogP contribution in [0.1, 0.15) is 11.3 Å². The minimum Gasteiger partial charge on any atom is -0.494 e. The van der Waals surface area contributed by atoms with Gasteiger partial charge in [-0.05, 0) is 24.6 Å². The first-order chi connectivity index (χ1) is 8.11. The van der Waals surface area contributed by atoms with Crippen molar-refractivity contribution < 1.29 is 9.53 Å². The maximum atomic E-state index is 11.0. The zero-order chi connectivity index (χ0) is 12.4. The smallest absolute Gasteiger partial charge is 0.221 e. The van der Waals surface area contributed by atoms with Crippen molar-refractivity contribution in [2.75, 3.05) is 7.11 Å². The molecule has 0 saturated carbocycles. The molecule has 17 heavy (non-hydrogen) atoms. The average Bonchev–Trinajstić information content (AvgIpc) is 2.28. The van der Waals surface area contributed by atoms with E-state index in [0.717, 1.165) is 22.2 Å². The molecule has 1 aromatic heterocycles. The summed E-state index contributed by atoms with van der Waals surface area (Å²) < 4.78 is 5.26. The highest BCUT2D eigenvalue weighted by atomic mass is 16.5. The van der Waals surface area contributed by atoms with Crippen LogP contribution < -0.4 is 10.5 Å². The van der Waals surface area contributed by atoms with Gasteiger partial charge < -0.3 is 10.5 Å². The van der Waals surface area contributed by atoms with Gasteiger partial charge in [0.25, 0.3) is 0 Å². The molecule has 0 aliphatic carbocycles. The summed E-state index contributed by atoms with van der Waals surface area (Å²) in [5.74, 6) is 0.356. The third-order valence-corrected chi connectivity index (χ3v) is 2.63. The zero-order valence-corrected chi connectivity index (χ0v) is 9.86. The largest absolute Gasteiger partial charge is 0.494 e. The molecular weight excluding hydrogens is 216 g/mol. The fraction of sp³-hybridized carbons (Fsp3) is 0.231. The first-order valence-electron chi connectivity index (χ1n) is 5.33. The van der Waals surface area contributed by atoms with Gasteiger partial charge in [-0.1, -0.05) is 12.1 Å². The van der Waals surface area contributed by atoms with Crippen LogP contribution in [0.2, 0.25) is 0 Å². The third kappa shape index (κ3) is 2.20. The van der Waals surface area contributed by atoms with Crippen LogP contribution in [-0.2, 0) is 11.2 Å². The van der Waals surface area contributed by atoms with Crippen molar-refractivity contribution in [3.8, 4) is 5.75 Å². The summed E-state index contributed by atoms with van der Waals surface area (Å²) in [7, 11) is 1.60. The minimum absolute atomic E-state index is 0.214. The number of hydrogen-bond acceptors (Lipinski definition) is 3. The minimum atomic E-state index is -0.350. The molecule has 0 fully saturated rings. The number of ether oxygens (including phenoxy) is 1. The quantitative estimate of drug-likeness (QED) is 0.870. The molecule has 88 valence electrons. The molecule has 0 saturated heterocycles. The Bertz CT molecular complexity index is 579. The van der Waals surface area contributed by atoms with E-state index in [2.05, 4.69) is 4.98 Å². The molecule has 2 N–H and O–H groups in total. The van der Waals surface area contributed by atoms with E-state index in [1.54, 1.807) is 7.11 Å². The number of methoxy groups -OCH3 is 1. The molecule has 0 bridgehead atoms. The highest BCUT2D eigenvalue weighted by Gasteiger charge is 2.09. The van der Waals surface area contributed by atoms with Crippen molar-refractivity contribution in [3.05, 3.63) is 35.5 Å². The lowest BCUT2D eigenvalue weighted by Crippen LogP contribution is -2.14. The maximum Gasteiger partial charge on any atom is 0.221 e. The molecule has 0 aliphatic heterocycles. The Balaban J connectivity index is 2.68. The Kier molecular flexibility index (Phi) is 2.95. The van der Waals surface area contributed by atoms with Crippen molar-refractivity contribution in [3.63, 3.8) is 0 Å². The lowest BCUT2D eigenvalue weighted by molar-refractivity contribution is -0.117. The fourth-order valence-corrected chi connectivity index (χ4v) is 1.86. The van der Waals surface area contributed by atoms with Crippen LogP contribution in [0, 0.1) is 6.92 Å². The van der Waals surface area contributed by atoms with Crippen molar-refractivity contribution in [2.24, 2.45) is 5.73 Å². The molecule has 1 heterocycles. The molecule has 0 aliphatic rings. The van der Waals surface area contributed by atoms with E-state index in [9.17, 15) is 4.79 Å². The fourth-order valence-electron chi connectivity index (χ4n) is 1.86. The molecule has 0 atom stereocenters. The standard InChI is InChI=1S/C13H14N2O2/c1-8-3-5-10-9(7-12(14)16)4-6-11(17-2)13(10)15-8/h3-6H,7H2,1-2H3,(H2,14,16). The Morgan fingerprint density at radius 1 is 1.35 bits per heavy atom. The number of nitrogens with zero attached hydrogens (tertiary/aromatic N) is 1. The van der Waals surface area contributed by atoms with Gasteiger partial charge in [-0.2, -0.15) is 0 Å². The Hall–Kier alpha value is -2.10. The van der Waals surface area contributed by atoms with Crippen molar-refractivity contribution in [1.82, 2.24) is 4.98 Å². The lowest BCUT2D eigenvalue weighted by atomic mass is 10.0. The van der Waals surface area contributed by atoms with Gasteiger partial charge in [0.15, 0.2) is 0 Å². The lowest BCUT2D eigenvalue weighted by Gasteiger charge is -2.09. The number of benzene rings is 1. The number of fused-ring (bicyclic) bond motifs is 1. The predicted molar refractivity (Wildman–Crippen MR) is 65.9 cm³/mol. The SMILES string of the molecule is COc1ccc(CC(N)=O)c2ccc(C)nc12. The van der Waals surface area contributed by atoms with E-state index in [0.29, 0.717) is 5.75 Å². The van der Waals surface area contributed by atoms with Gasteiger partial charge in [-0.3, -0.25) is 4.79 Å². The normalized spacial score (nSPS) is 10.5. The average molecular weight is 230 g/mol. The summed E-state index contributed by atoms with van der Waals surface area (Å²) in [5, 5.41) is 0.911. The van der Waals surface area contributed by atoms with Crippen molar-refractivity contribution in [1.29, 1.82) is 0 Å². The van der Waals surface area contributed by atoms with Gasteiger partial charge >= 0.3 is 0 Å². The van der Waals surface area contributed by atoms with Crippen LogP contribution in [0.15, 0.2) is 24.3 Å². The van der Waals surface area contributed by atoms with E-state index in [1.165, 1.54) is 0 Å². The third-order valence-electron chi connectivity index (χ3n) is 2.63. The van der Waals surface area contributed by atoms with Crippen LogP contribution in [0.25, 0.3) is 10.9 Å². The summed E-state index contributed by atoms with van der Waals surface area (Å²) in [6, 6.07) is 7.51. The highest BCUT2D eigenvalue weighted by molar-refractivity contribution is 5.91.